The van der Waals surface area contributed by atoms with Crippen LogP contribution in [-0.2, 0) is 6.18 Å². The summed E-state index contributed by atoms with van der Waals surface area (Å²) in [5.74, 6) is 1.66. The second kappa shape index (κ2) is 9.30. The lowest BCUT2D eigenvalue weighted by Gasteiger charge is -2.36. The minimum atomic E-state index is -4.48. The van der Waals surface area contributed by atoms with E-state index in [2.05, 4.69) is 20.3 Å². The van der Waals surface area contributed by atoms with Gasteiger partial charge in [-0.05, 0) is 37.6 Å². The minimum Gasteiger partial charge on any atom is -0.494 e. The van der Waals surface area contributed by atoms with Crippen LogP contribution in [0.1, 0.15) is 28.4 Å². The lowest BCUT2D eigenvalue weighted by atomic mass is 9.96. The molecule has 0 spiro atoms. The number of likely N-dealkylation sites (N-methyl/N-ethyl adjacent to an activating group) is 1. The molecule has 1 N–H and O–H groups in total. The molecule has 0 fully saturated rings. The highest BCUT2D eigenvalue weighted by molar-refractivity contribution is 5.64. The second-order valence-electron chi connectivity index (χ2n) is 8.84. The number of rotatable bonds is 5. The number of hydrogen-bond donors (Lipinski definition) is 1. The zero-order chi connectivity index (χ0) is 26.3. The molecule has 3 heterocycles. The van der Waals surface area contributed by atoms with Crippen molar-refractivity contribution in [1.82, 2.24) is 19.5 Å². The molecule has 4 aromatic rings. The average Bonchev–Trinajstić information content (AvgIpc) is 3.29. The van der Waals surface area contributed by atoms with Gasteiger partial charge in [0, 0.05) is 25.0 Å². The van der Waals surface area contributed by atoms with E-state index in [0.717, 1.165) is 23.0 Å². The van der Waals surface area contributed by atoms with Gasteiger partial charge in [-0.2, -0.15) is 18.2 Å². The minimum absolute atomic E-state index is 0.0402. The molecule has 0 radical (unpaired) electrons. The molecular weight excluding hydrogens is 485 g/mol. The van der Waals surface area contributed by atoms with E-state index in [0.29, 0.717) is 23.0 Å². The van der Waals surface area contributed by atoms with Gasteiger partial charge in [-0.3, -0.25) is 0 Å². The van der Waals surface area contributed by atoms with Crippen molar-refractivity contribution in [3.63, 3.8) is 0 Å². The number of hydrogen-bond acceptors (Lipinski definition) is 7. The van der Waals surface area contributed by atoms with Crippen LogP contribution in [0.25, 0.3) is 5.69 Å². The maximum absolute atomic E-state index is 13.8. The highest BCUT2D eigenvalue weighted by Gasteiger charge is 2.38. The number of fused-ring (bicyclic) bond motifs is 1. The van der Waals surface area contributed by atoms with E-state index >= 15 is 0 Å². The first-order chi connectivity index (χ1) is 17.6. The fraction of sp³-hybridized carbons (Fsp3) is 0.269. The summed E-state index contributed by atoms with van der Waals surface area (Å²) in [5, 5.41) is 3.14. The van der Waals surface area contributed by atoms with Crippen molar-refractivity contribution < 1.29 is 22.6 Å². The van der Waals surface area contributed by atoms with Gasteiger partial charge in [-0.25, -0.2) is 9.97 Å². The first kappa shape index (κ1) is 24.4. The quantitative estimate of drug-likeness (QED) is 0.373. The van der Waals surface area contributed by atoms with Gasteiger partial charge < -0.3 is 24.3 Å². The number of ether oxygens (including phenoxy) is 2. The standard InChI is InChI=1S/C26H25F3N6O2/c1-15-5-7-19(26(27,28)29)18(9-15)21-13-37-23-11-30-25(33-24(23)34(21)3)32-17-6-8-20(22(10-17)36-4)35-12-16(2)31-14-35/h5-12,14,21H,13H2,1-4H3,(H,30,32,33). The highest BCUT2D eigenvalue weighted by atomic mass is 19.4. The molecule has 8 nitrogen and oxygen atoms in total. The van der Waals surface area contributed by atoms with E-state index < -0.39 is 17.8 Å². The molecule has 0 aliphatic carbocycles. The number of anilines is 3. The summed E-state index contributed by atoms with van der Waals surface area (Å²) >= 11 is 0. The largest absolute Gasteiger partial charge is 0.494 e. The zero-order valence-corrected chi connectivity index (χ0v) is 20.7. The van der Waals surface area contributed by atoms with Crippen molar-refractivity contribution in [2.75, 3.05) is 31.0 Å². The van der Waals surface area contributed by atoms with Crippen LogP contribution < -0.4 is 19.7 Å². The SMILES string of the molecule is COc1cc(Nc2ncc3c(n2)N(C)C(c2cc(C)ccc2C(F)(F)F)CO3)ccc1-n1cnc(C)c1. The molecule has 1 aliphatic heterocycles. The predicted octanol–water partition coefficient (Wildman–Crippen LogP) is 5.62. The van der Waals surface area contributed by atoms with Crippen molar-refractivity contribution in [3.8, 4) is 17.2 Å². The van der Waals surface area contributed by atoms with Gasteiger partial charge in [0.25, 0.3) is 0 Å². The molecule has 1 aliphatic rings. The predicted molar refractivity (Wildman–Crippen MR) is 133 cm³/mol. The van der Waals surface area contributed by atoms with E-state index in [-0.39, 0.29) is 18.1 Å². The third-order valence-corrected chi connectivity index (χ3v) is 6.23. The fourth-order valence-electron chi connectivity index (χ4n) is 4.37. The van der Waals surface area contributed by atoms with Gasteiger partial charge in [0.15, 0.2) is 11.6 Å². The Morgan fingerprint density at radius 2 is 1.92 bits per heavy atom. The van der Waals surface area contributed by atoms with Gasteiger partial charge >= 0.3 is 6.18 Å². The zero-order valence-electron chi connectivity index (χ0n) is 20.7. The van der Waals surface area contributed by atoms with Crippen molar-refractivity contribution in [1.29, 1.82) is 0 Å². The van der Waals surface area contributed by atoms with Crippen molar-refractivity contribution >= 4 is 17.5 Å². The van der Waals surface area contributed by atoms with Gasteiger partial charge in [0.2, 0.25) is 5.95 Å². The number of aromatic nitrogens is 4. The fourth-order valence-corrected chi connectivity index (χ4v) is 4.37. The topological polar surface area (TPSA) is 77.3 Å². The third kappa shape index (κ3) is 4.76. The first-order valence-corrected chi connectivity index (χ1v) is 11.5. The van der Waals surface area contributed by atoms with Crippen LogP contribution in [0.15, 0.2) is 55.1 Å². The molecule has 0 amide bonds. The molecule has 0 saturated carbocycles. The molecule has 192 valence electrons. The van der Waals surface area contributed by atoms with E-state index in [1.807, 2.05) is 29.8 Å². The molecule has 2 aromatic carbocycles. The lowest BCUT2D eigenvalue weighted by Crippen LogP contribution is -2.35. The third-order valence-electron chi connectivity index (χ3n) is 6.23. The normalized spacial score (nSPS) is 15.2. The number of alkyl halides is 3. The molecule has 1 unspecified atom stereocenters. The van der Waals surface area contributed by atoms with Crippen LogP contribution in [0.2, 0.25) is 0 Å². The Morgan fingerprint density at radius 1 is 1.11 bits per heavy atom. The van der Waals surface area contributed by atoms with Crippen molar-refractivity contribution in [3.05, 3.63) is 77.5 Å². The van der Waals surface area contributed by atoms with E-state index in [9.17, 15) is 13.2 Å². The summed E-state index contributed by atoms with van der Waals surface area (Å²) < 4.78 is 54.5. The number of nitrogens with one attached hydrogen (secondary N) is 1. The van der Waals surface area contributed by atoms with Gasteiger partial charge in [-0.1, -0.05) is 17.7 Å². The Hall–Kier alpha value is -4.28. The molecule has 1 atom stereocenters. The van der Waals surface area contributed by atoms with Crippen LogP contribution in [0, 0.1) is 13.8 Å². The molecule has 11 heteroatoms. The number of methoxy groups -OCH3 is 1. The van der Waals surface area contributed by atoms with Crippen molar-refractivity contribution in [2.24, 2.45) is 0 Å². The molecule has 5 rings (SSSR count). The molecule has 2 aromatic heterocycles. The summed E-state index contributed by atoms with van der Waals surface area (Å²) in [6.07, 6.45) is 0.626. The van der Waals surface area contributed by atoms with Crippen LogP contribution in [0.4, 0.5) is 30.6 Å². The average molecular weight is 511 g/mol. The lowest BCUT2D eigenvalue weighted by molar-refractivity contribution is -0.138. The van der Waals surface area contributed by atoms with Gasteiger partial charge in [-0.15, -0.1) is 0 Å². The van der Waals surface area contributed by atoms with Gasteiger partial charge in [0.1, 0.15) is 12.4 Å². The summed E-state index contributed by atoms with van der Waals surface area (Å²) in [4.78, 5) is 14.8. The maximum Gasteiger partial charge on any atom is 0.416 e. The van der Waals surface area contributed by atoms with Crippen LogP contribution in [-0.4, -0.2) is 40.3 Å². The van der Waals surface area contributed by atoms with Crippen LogP contribution in [0.3, 0.4) is 0 Å². The summed E-state index contributed by atoms with van der Waals surface area (Å²) in [5.41, 5.74) is 2.55. The number of benzene rings is 2. The molecule has 0 bridgehead atoms. The van der Waals surface area contributed by atoms with Crippen LogP contribution >= 0.6 is 0 Å². The number of aryl methyl sites for hydroxylation is 2. The van der Waals surface area contributed by atoms with E-state index in [4.69, 9.17) is 9.47 Å². The van der Waals surface area contributed by atoms with E-state index in [1.54, 1.807) is 44.4 Å². The second-order valence-corrected chi connectivity index (χ2v) is 8.84. The molecule has 37 heavy (non-hydrogen) atoms. The Morgan fingerprint density at radius 3 is 2.62 bits per heavy atom. The summed E-state index contributed by atoms with van der Waals surface area (Å²) in [7, 11) is 3.28. The molecule has 0 saturated heterocycles. The monoisotopic (exact) mass is 510 g/mol. The van der Waals surface area contributed by atoms with Crippen LogP contribution in [0.5, 0.6) is 11.5 Å². The Labute approximate surface area is 211 Å². The summed E-state index contributed by atoms with van der Waals surface area (Å²) in [6.45, 7) is 3.71. The summed E-state index contributed by atoms with van der Waals surface area (Å²) in [6, 6.07) is 8.98. The van der Waals surface area contributed by atoms with Crippen molar-refractivity contribution in [2.45, 2.75) is 26.1 Å². The number of imidazole rings is 1. The molecular formula is C26H25F3N6O2. The van der Waals surface area contributed by atoms with E-state index in [1.165, 1.54) is 12.3 Å². The van der Waals surface area contributed by atoms with Gasteiger partial charge in [0.05, 0.1) is 42.6 Å². The highest BCUT2D eigenvalue weighted by Crippen LogP contribution is 2.42. The Balaban J connectivity index is 1.44. The smallest absolute Gasteiger partial charge is 0.416 e. The number of halogens is 3. The Bertz CT molecular complexity index is 1450. The maximum atomic E-state index is 13.8. The number of nitrogens with zero attached hydrogens (tertiary/aromatic N) is 5. The Kier molecular flexibility index (Phi) is 6.14. The first-order valence-electron chi connectivity index (χ1n) is 11.5.